The second kappa shape index (κ2) is 8.22. The van der Waals surface area contributed by atoms with Crippen molar-refractivity contribution in [3.8, 4) is 0 Å². The van der Waals surface area contributed by atoms with Gasteiger partial charge in [0.15, 0.2) is 0 Å². The van der Waals surface area contributed by atoms with Gasteiger partial charge in [0.2, 0.25) is 0 Å². The Morgan fingerprint density at radius 1 is 0.720 bits per heavy atom. The third-order valence-electron chi connectivity index (χ3n) is 7.19. The van der Waals surface area contributed by atoms with E-state index in [-0.39, 0.29) is 0 Å². The summed E-state index contributed by atoms with van der Waals surface area (Å²) in [6.45, 7) is 7.84. The van der Waals surface area contributed by atoms with Crippen molar-refractivity contribution >= 4 is 0 Å². The van der Waals surface area contributed by atoms with Crippen LogP contribution < -0.4 is 0 Å². The second-order valence-electron chi connectivity index (χ2n) is 8.93. The van der Waals surface area contributed by atoms with Crippen LogP contribution >= 0.6 is 0 Å². The van der Waals surface area contributed by atoms with Crippen LogP contribution in [0.3, 0.4) is 0 Å². The Kier molecular flexibility index (Phi) is 5.77. The molecule has 0 spiro atoms. The highest BCUT2D eigenvalue weighted by Gasteiger charge is 2.32. The Hall–Kier alpha value is -0.860. The van der Waals surface area contributed by atoms with E-state index in [0.717, 1.165) is 23.9 Å². The maximum Gasteiger partial charge on any atom is 0.0120 e. The number of rotatable bonds is 3. The standard InChI is InChI=1S/C23H36N2/c1-19-6-5-15-25(18-19)23-13-16-24(17-14-23)22-11-9-21(10-12-22)20-7-3-2-4-8-20/h2-4,7-8,19,21-23H,5-6,9-18H2,1H3/t19-,21?,22?/m0/s1. The van der Waals surface area contributed by atoms with Crippen LogP contribution in [0.25, 0.3) is 0 Å². The molecule has 1 atom stereocenters. The highest BCUT2D eigenvalue weighted by atomic mass is 15.2. The first-order chi connectivity index (χ1) is 12.3. The molecule has 3 fully saturated rings. The van der Waals surface area contributed by atoms with Gasteiger partial charge in [-0.15, -0.1) is 0 Å². The Labute approximate surface area is 154 Å². The molecule has 0 aromatic heterocycles. The van der Waals surface area contributed by atoms with Crippen LogP contribution in [0, 0.1) is 5.92 Å². The lowest BCUT2D eigenvalue weighted by Gasteiger charge is -2.45. The monoisotopic (exact) mass is 340 g/mol. The van der Waals surface area contributed by atoms with Gasteiger partial charge in [-0.2, -0.15) is 0 Å². The van der Waals surface area contributed by atoms with Crippen molar-refractivity contribution in [3.63, 3.8) is 0 Å². The number of piperidine rings is 2. The van der Waals surface area contributed by atoms with Crippen molar-refractivity contribution in [3.05, 3.63) is 35.9 Å². The largest absolute Gasteiger partial charge is 0.300 e. The third kappa shape index (κ3) is 4.28. The number of likely N-dealkylation sites (tertiary alicyclic amines) is 2. The van der Waals surface area contributed by atoms with Gasteiger partial charge in [-0.05, 0) is 88.4 Å². The van der Waals surface area contributed by atoms with Crippen LogP contribution in [-0.4, -0.2) is 48.1 Å². The molecular weight excluding hydrogens is 304 g/mol. The molecule has 1 aromatic carbocycles. The molecule has 1 saturated carbocycles. The van der Waals surface area contributed by atoms with E-state index >= 15 is 0 Å². The maximum atomic E-state index is 2.84. The molecule has 2 aliphatic heterocycles. The summed E-state index contributed by atoms with van der Waals surface area (Å²) in [6.07, 6.45) is 11.3. The molecule has 0 bridgehead atoms. The molecule has 2 heteroatoms. The van der Waals surface area contributed by atoms with E-state index in [1.807, 2.05) is 0 Å². The third-order valence-corrected chi connectivity index (χ3v) is 7.19. The minimum absolute atomic E-state index is 0.810. The van der Waals surface area contributed by atoms with Crippen LogP contribution in [0.2, 0.25) is 0 Å². The quantitative estimate of drug-likeness (QED) is 0.771. The van der Waals surface area contributed by atoms with E-state index in [1.54, 1.807) is 5.56 Å². The first-order valence-corrected chi connectivity index (χ1v) is 10.8. The predicted octanol–water partition coefficient (Wildman–Crippen LogP) is 4.91. The summed E-state index contributed by atoms with van der Waals surface area (Å²) < 4.78 is 0. The summed E-state index contributed by atoms with van der Waals surface area (Å²) in [5.74, 6) is 1.73. The molecule has 2 heterocycles. The van der Waals surface area contributed by atoms with Crippen LogP contribution in [0.15, 0.2) is 30.3 Å². The van der Waals surface area contributed by atoms with E-state index in [9.17, 15) is 0 Å². The average molecular weight is 341 g/mol. The van der Waals surface area contributed by atoms with Gasteiger partial charge in [0.25, 0.3) is 0 Å². The Balaban J connectivity index is 1.24. The number of benzene rings is 1. The minimum atomic E-state index is 0.810. The van der Waals surface area contributed by atoms with Gasteiger partial charge in [0.05, 0.1) is 0 Å². The molecule has 3 aliphatic rings. The Morgan fingerprint density at radius 3 is 2.08 bits per heavy atom. The molecule has 138 valence electrons. The average Bonchev–Trinajstić information content (AvgIpc) is 2.69. The lowest BCUT2D eigenvalue weighted by molar-refractivity contribution is 0.0494. The van der Waals surface area contributed by atoms with Crippen LogP contribution in [0.4, 0.5) is 0 Å². The topological polar surface area (TPSA) is 6.48 Å². The summed E-state index contributed by atoms with van der Waals surface area (Å²) in [4.78, 5) is 5.66. The molecule has 25 heavy (non-hydrogen) atoms. The van der Waals surface area contributed by atoms with Crippen LogP contribution in [-0.2, 0) is 0 Å². The predicted molar refractivity (Wildman–Crippen MR) is 106 cm³/mol. The first kappa shape index (κ1) is 17.5. The zero-order valence-electron chi connectivity index (χ0n) is 16.1. The Morgan fingerprint density at radius 2 is 1.40 bits per heavy atom. The van der Waals surface area contributed by atoms with E-state index < -0.39 is 0 Å². The van der Waals surface area contributed by atoms with Gasteiger partial charge in [-0.25, -0.2) is 0 Å². The van der Waals surface area contributed by atoms with Crippen molar-refractivity contribution in [1.29, 1.82) is 0 Å². The molecule has 0 N–H and O–H groups in total. The number of nitrogens with zero attached hydrogens (tertiary/aromatic N) is 2. The molecule has 0 amide bonds. The van der Waals surface area contributed by atoms with Gasteiger partial charge in [-0.3, -0.25) is 0 Å². The molecular formula is C23H36N2. The van der Waals surface area contributed by atoms with Crippen LogP contribution in [0.5, 0.6) is 0 Å². The van der Waals surface area contributed by atoms with E-state index in [0.29, 0.717) is 0 Å². The summed E-state index contributed by atoms with van der Waals surface area (Å²) in [5.41, 5.74) is 1.57. The normalized spacial score (nSPS) is 33.4. The summed E-state index contributed by atoms with van der Waals surface area (Å²) in [6, 6.07) is 12.9. The fourth-order valence-corrected chi connectivity index (χ4v) is 5.67. The van der Waals surface area contributed by atoms with Gasteiger partial charge >= 0.3 is 0 Å². The fourth-order valence-electron chi connectivity index (χ4n) is 5.67. The fraction of sp³-hybridized carbons (Fsp3) is 0.739. The van der Waals surface area contributed by atoms with Crippen molar-refractivity contribution in [1.82, 2.24) is 9.80 Å². The van der Waals surface area contributed by atoms with E-state index in [4.69, 9.17) is 0 Å². The molecule has 2 saturated heterocycles. The summed E-state index contributed by atoms with van der Waals surface area (Å²) >= 11 is 0. The summed E-state index contributed by atoms with van der Waals surface area (Å²) in [7, 11) is 0. The number of hydrogen-bond donors (Lipinski definition) is 0. The van der Waals surface area contributed by atoms with Crippen molar-refractivity contribution in [2.24, 2.45) is 5.92 Å². The number of hydrogen-bond acceptors (Lipinski definition) is 2. The lowest BCUT2D eigenvalue weighted by Crippen LogP contribution is -2.50. The van der Waals surface area contributed by atoms with E-state index in [2.05, 4.69) is 47.1 Å². The molecule has 2 nitrogen and oxygen atoms in total. The zero-order chi connectivity index (χ0) is 17.1. The zero-order valence-corrected chi connectivity index (χ0v) is 16.1. The minimum Gasteiger partial charge on any atom is -0.300 e. The van der Waals surface area contributed by atoms with Crippen molar-refractivity contribution in [2.45, 2.75) is 76.3 Å². The van der Waals surface area contributed by atoms with Gasteiger partial charge in [0.1, 0.15) is 0 Å². The van der Waals surface area contributed by atoms with Gasteiger partial charge < -0.3 is 9.80 Å². The SMILES string of the molecule is C[C@H]1CCCN(C2CCN(C3CCC(c4ccccc4)CC3)CC2)C1. The molecule has 0 unspecified atom stereocenters. The highest BCUT2D eigenvalue weighted by Crippen LogP contribution is 2.36. The van der Waals surface area contributed by atoms with Crippen LogP contribution in [0.1, 0.15) is 69.8 Å². The maximum absolute atomic E-state index is 2.84. The smallest absolute Gasteiger partial charge is 0.0120 e. The van der Waals surface area contributed by atoms with Crippen molar-refractivity contribution in [2.75, 3.05) is 26.2 Å². The Bertz CT molecular complexity index is 512. The second-order valence-corrected chi connectivity index (χ2v) is 8.93. The first-order valence-electron chi connectivity index (χ1n) is 10.8. The summed E-state index contributed by atoms with van der Waals surface area (Å²) in [5, 5.41) is 0. The van der Waals surface area contributed by atoms with Gasteiger partial charge in [-0.1, -0.05) is 37.3 Å². The molecule has 1 aliphatic carbocycles. The van der Waals surface area contributed by atoms with Crippen molar-refractivity contribution < 1.29 is 0 Å². The lowest BCUT2D eigenvalue weighted by atomic mass is 9.80. The van der Waals surface area contributed by atoms with E-state index in [1.165, 1.54) is 77.5 Å². The molecule has 4 rings (SSSR count). The van der Waals surface area contributed by atoms with Gasteiger partial charge in [0, 0.05) is 18.6 Å². The molecule has 0 radical (unpaired) electrons. The molecule has 1 aromatic rings. The highest BCUT2D eigenvalue weighted by molar-refractivity contribution is 5.20.